The fourth-order valence-corrected chi connectivity index (χ4v) is 2.83. The molecule has 1 unspecified atom stereocenters. The van der Waals surface area contributed by atoms with Crippen molar-refractivity contribution in [2.75, 3.05) is 6.54 Å². The van der Waals surface area contributed by atoms with Gasteiger partial charge in [-0.25, -0.2) is 0 Å². The van der Waals surface area contributed by atoms with E-state index in [9.17, 15) is 0 Å². The van der Waals surface area contributed by atoms with Gasteiger partial charge in [-0.15, -0.1) is 12.4 Å². The van der Waals surface area contributed by atoms with Crippen LogP contribution in [0.1, 0.15) is 23.5 Å². The molecule has 0 radical (unpaired) electrons. The van der Waals surface area contributed by atoms with Crippen molar-refractivity contribution in [1.29, 1.82) is 0 Å². The summed E-state index contributed by atoms with van der Waals surface area (Å²) in [5, 5.41) is 0. The summed E-state index contributed by atoms with van der Waals surface area (Å²) in [6.45, 7) is 0.674. The Balaban J connectivity index is 0.00000192. The van der Waals surface area contributed by atoms with Gasteiger partial charge in [-0.2, -0.15) is 0 Å². The van der Waals surface area contributed by atoms with Gasteiger partial charge in [0.05, 0.1) is 5.69 Å². The van der Waals surface area contributed by atoms with Crippen LogP contribution in [0, 0.1) is 0 Å². The van der Waals surface area contributed by atoms with Crippen molar-refractivity contribution in [3.05, 3.63) is 90.1 Å². The third-order valence-electron chi connectivity index (χ3n) is 3.91. The number of hydrogen-bond acceptors (Lipinski definition) is 2. The van der Waals surface area contributed by atoms with Crippen LogP contribution in [-0.4, -0.2) is 11.5 Å². The molecule has 0 bridgehead atoms. The summed E-state index contributed by atoms with van der Waals surface area (Å²) in [7, 11) is 0. The molecule has 2 nitrogen and oxygen atoms in total. The summed E-state index contributed by atoms with van der Waals surface area (Å²) >= 11 is 0. The van der Waals surface area contributed by atoms with Crippen LogP contribution in [0.25, 0.3) is 11.3 Å². The number of pyridine rings is 1. The zero-order valence-corrected chi connectivity index (χ0v) is 13.7. The van der Waals surface area contributed by atoms with Gasteiger partial charge < -0.3 is 5.73 Å². The summed E-state index contributed by atoms with van der Waals surface area (Å²) in [5.74, 6) is 0.329. The maximum Gasteiger partial charge on any atom is 0.0702 e. The largest absolute Gasteiger partial charge is 0.330 e. The minimum Gasteiger partial charge on any atom is -0.330 e. The minimum atomic E-state index is 0. The van der Waals surface area contributed by atoms with Gasteiger partial charge in [0.2, 0.25) is 0 Å². The minimum absolute atomic E-state index is 0. The lowest BCUT2D eigenvalue weighted by Crippen LogP contribution is -2.09. The average Bonchev–Trinajstić information content (AvgIpc) is 2.61. The SMILES string of the molecule is Cl.NCCC(c1ccccc1)c1cccc(-c2ccccn2)c1. The van der Waals surface area contributed by atoms with Crippen LogP contribution in [0.3, 0.4) is 0 Å². The Labute approximate surface area is 143 Å². The van der Waals surface area contributed by atoms with E-state index in [1.54, 1.807) is 0 Å². The van der Waals surface area contributed by atoms with Crippen LogP contribution >= 0.6 is 12.4 Å². The second-order valence-corrected chi connectivity index (χ2v) is 5.38. The highest BCUT2D eigenvalue weighted by atomic mass is 35.5. The van der Waals surface area contributed by atoms with Crippen LogP contribution in [0.5, 0.6) is 0 Å². The first-order chi connectivity index (χ1) is 10.9. The molecule has 1 aromatic heterocycles. The van der Waals surface area contributed by atoms with Gasteiger partial charge in [0, 0.05) is 17.7 Å². The zero-order valence-electron chi connectivity index (χ0n) is 12.9. The molecule has 1 heterocycles. The van der Waals surface area contributed by atoms with Crippen molar-refractivity contribution < 1.29 is 0 Å². The molecule has 2 aromatic carbocycles. The lowest BCUT2D eigenvalue weighted by atomic mass is 9.87. The number of benzene rings is 2. The topological polar surface area (TPSA) is 38.9 Å². The molecule has 0 saturated heterocycles. The molecule has 118 valence electrons. The third-order valence-corrected chi connectivity index (χ3v) is 3.91. The highest BCUT2D eigenvalue weighted by Crippen LogP contribution is 2.30. The first kappa shape index (κ1) is 17.2. The van der Waals surface area contributed by atoms with Gasteiger partial charge in [-0.1, -0.05) is 54.6 Å². The normalized spacial score (nSPS) is 11.5. The number of nitrogens with two attached hydrogens (primary N) is 1. The molecule has 1 atom stereocenters. The number of nitrogens with zero attached hydrogens (tertiary/aromatic N) is 1. The van der Waals surface area contributed by atoms with E-state index in [2.05, 4.69) is 53.5 Å². The molecule has 0 spiro atoms. The highest BCUT2D eigenvalue weighted by Gasteiger charge is 2.14. The maximum atomic E-state index is 5.84. The first-order valence-electron chi connectivity index (χ1n) is 7.65. The summed E-state index contributed by atoms with van der Waals surface area (Å²) in [5.41, 5.74) is 10.6. The monoisotopic (exact) mass is 324 g/mol. The van der Waals surface area contributed by atoms with Crippen LogP contribution in [0.4, 0.5) is 0 Å². The van der Waals surface area contributed by atoms with Crippen LogP contribution in [-0.2, 0) is 0 Å². The van der Waals surface area contributed by atoms with Crippen molar-refractivity contribution >= 4 is 12.4 Å². The summed E-state index contributed by atoms with van der Waals surface area (Å²) in [6.07, 6.45) is 2.77. The molecule has 3 rings (SSSR count). The molecular formula is C20H21ClN2. The summed E-state index contributed by atoms with van der Waals surface area (Å²) < 4.78 is 0. The maximum absolute atomic E-state index is 5.84. The van der Waals surface area contributed by atoms with Gasteiger partial charge in [-0.05, 0) is 42.3 Å². The Bertz CT molecular complexity index is 714. The second kappa shape index (κ2) is 8.47. The van der Waals surface area contributed by atoms with Crippen molar-refractivity contribution in [3.63, 3.8) is 0 Å². The molecule has 0 aliphatic carbocycles. The van der Waals surface area contributed by atoms with Crippen LogP contribution < -0.4 is 5.73 Å². The Kier molecular flexibility index (Phi) is 6.33. The van der Waals surface area contributed by atoms with E-state index in [0.717, 1.165) is 17.7 Å². The molecule has 2 N–H and O–H groups in total. The Morgan fingerprint density at radius 1 is 0.826 bits per heavy atom. The summed E-state index contributed by atoms with van der Waals surface area (Å²) in [6, 6.07) is 25.2. The van der Waals surface area contributed by atoms with Crippen molar-refractivity contribution in [2.45, 2.75) is 12.3 Å². The van der Waals surface area contributed by atoms with E-state index in [4.69, 9.17) is 5.73 Å². The molecule has 3 heteroatoms. The van der Waals surface area contributed by atoms with Crippen molar-refractivity contribution in [3.8, 4) is 11.3 Å². The van der Waals surface area contributed by atoms with Crippen molar-refractivity contribution in [1.82, 2.24) is 4.98 Å². The Morgan fingerprint density at radius 2 is 1.57 bits per heavy atom. The number of aromatic nitrogens is 1. The van der Waals surface area contributed by atoms with E-state index in [0.29, 0.717) is 12.5 Å². The molecule has 0 aliphatic rings. The van der Waals surface area contributed by atoms with Crippen LogP contribution in [0.15, 0.2) is 79.0 Å². The number of hydrogen-bond donors (Lipinski definition) is 1. The van der Waals surface area contributed by atoms with Crippen molar-refractivity contribution in [2.24, 2.45) is 5.73 Å². The lowest BCUT2D eigenvalue weighted by Gasteiger charge is -2.18. The fraction of sp³-hybridized carbons (Fsp3) is 0.150. The Morgan fingerprint density at radius 3 is 2.26 bits per heavy atom. The predicted octanol–water partition coefficient (Wildman–Crippen LogP) is 4.65. The Hall–Kier alpha value is -2.16. The molecular weight excluding hydrogens is 304 g/mol. The van der Waals surface area contributed by atoms with Crippen LogP contribution in [0.2, 0.25) is 0 Å². The summed E-state index contributed by atoms with van der Waals surface area (Å²) in [4.78, 5) is 4.44. The number of rotatable bonds is 5. The second-order valence-electron chi connectivity index (χ2n) is 5.38. The molecule has 23 heavy (non-hydrogen) atoms. The van der Waals surface area contributed by atoms with E-state index < -0.39 is 0 Å². The molecule has 3 aromatic rings. The van der Waals surface area contributed by atoms with E-state index in [1.165, 1.54) is 11.1 Å². The lowest BCUT2D eigenvalue weighted by molar-refractivity contribution is 0.726. The van der Waals surface area contributed by atoms with E-state index >= 15 is 0 Å². The average molecular weight is 325 g/mol. The molecule has 0 amide bonds. The molecule has 0 saturated carbocycles. The van der Waals surface area contributed by atoms with Gasteiger partial charge in [0.15, 0.2) is 0 Å². The quantitative estimate of drug-likeness (QED) is 0.742. The van der Waals surface area contributed by atoms with Gasteiger partial charge in [-0.3, -0.25) is 4.98 Å². The fourth-order valence-electron chi connectivity index (χ4n) is 2.83. The zero-order chi connectivity index (χ0) is 15.2. The van der Waals surface area contributed by atoms with Gasteiger partial charge >= 0.3 is 0 Å². The van der Waals surface area contributed by atoms with E-state index in [1.807, 2.05) is 30.5 Å². The van der Waals surface area contributed by atoms with Gasteiger partial charge in [0.1, 0.15) is 0 Å². The number of halogens is 1. The standard InChI is InChI=1S/C20H20N2.ClH/c21-13-12-19(16-7-2-1-3-8-16)17-9-6-10-18(15-17)20-11-4-5-14-22-20;/h1-11,14-15,19H,12-13,21H2;1H. The third kappa shape index (κ3) is 4.19. The molecule has 0 aliphatic heterocycles. The first-order valence-corrected chi connectivity index (χ1v) is 7.65. The molecule has 0 fully saturated rings. The predicted molar refractivity (Wildman–Crippen MR) is 98.9 cm³/mol. The highest BCUT2D eigenvalue weighted by molar-refractivity contribution is 5.85. The van der Waals surface area contributed by atoms with Gasteiger partial charge in [0.25, 0.3) is 0 Å². The smallest absolute Gasteiger partial charge is 0.0702 e. The van der Waals surface area contributed by atoms with E-state index in [-0.39, 0.29) is 12.4 Å².